The monoisotopic (exact) mass is 430 g/mol. The lowest BCUT2D eigenvalue weighted by atomic mass is 9.99. The van der Waals surface area contributed by atoms with Crippen LogP contribution in [0, 0.1) is 12.7 Å². The van der Waals surface area contributed by atoms with Gasteiger partial charge in [0.1, 0.15) is 11.4 Å². The van der Waals surface area contributed by atoms with Crippen LogP contribution in [0.15, 0.2) is 16.6 Å². The lowest BCUT2D eigenvalue weighted by Crippen LogP contribution is -2.50. The van der Waals surface area contributed by atoms with Gasteiger partial charge in [-0.05, 0) is 52.3 Å². The Balaban J connectivity index is 3.28. The maximum atomic E-state index is 14.7. The van der Waals surface area contributed by atoms with Crippen molar-refractivity contribution in [2.45, 2.75) is 51.8 Å². The fraction of sp³-hybridized carbons (Fsp3) is 0.529. The van der Waals surface area contributed by atoms with Crippen LogP contribution in [0.4, 0.5) is 9.18 Å². The summed E-state index contributed by atoms with van der Waals surface area (Å²) in [6.45, 7) is 8.55. The van der Waals surface area contributed by atoms with Gasteiger partial charge in [-0.15, -0.1) is 0 Å². The van der Waals surface area contributed by atoms with Crippen molar-refractivity contribution in [2.75, 3.05) is 6.61 Å². The van der Waals surface area contributed by atoms with Crippen LogP contribution in [0.5, 0.6) is 0 Å². The second-order valence-electron chi connectivity index (χ2n) is 6.60. The van der Waals surface area contributed by atoms with E-state index in [1.807, 2.05) is 0 Å². The molecule has 0 unspecified atom stereocenters. The molecule has 0 aliphatic rings. The van der Waals surface area contributed by atoms with Crippen LogP contribution in [-0.4, -0.2) is 34.5 Å². The first-order valence-corrected chi connectivity index (χ1v) is 9.05. The highest BCUT2D eigenvalue weighted by molar-refractivity contribution is 9.10. The molecule has 25 heavy (non-hydrogen) atoms. The van der Waals surface area contributed by atoms with Crippen LogP contribution in [-0.2, 0) is 19.4 Å². The highest BCUT2D eigenvalue weighted by Crippen LogP contribution is 2.30. The van der Waals surface area contributed by atoms with Gasteiger partial charge < -0.3 is 14.8 Å². The zero-order valence-corrected chi connectivity index (χ0v) is 17.5. The number of carbonyl (C=O) groups is 2. The average molecular weight is 431 g/mol. The molecule has 1 atom stereocenters. The standard InChI is InChI=1S/C17H22BrFNO4Si/c1-6-23-13(21)9-17(25,20-15(22)24-16(3,4)5)12-8-11(18)7-10(2)14(12)19/h7-8H,6,9H2,1-5H3,(H,20,22)/t17-/m0/s1. The van der Waals surface area contributed by atoms with Gasteiger partial charge in [0.05, 0.1) is 28.4 Å². The second kappa shape index (κ2) is 8.31. The Morgan fingerprint density at radius 2 is 1.92 bits per heavy atom. The van der Waals surface area contributed by atoms with Gasteiger partial charge in [0.25, 0.3) is 0 Å². The second-order valence-corrected chi connectivity index (χ2v) is 8.37. The van der Waals surface area contributed by atoms with Gasteiger partial charge >= 0.3 is 12.1 Å². The zero-order valence-electron chi connectivity index (χ0n) is 15.0. The van der Waals surface area contributed by atoms with Crippen LogP contribution in [0.1, 0.15) is 45.2 Å². The van der Waals surface area contributed by atoms with E-state index in [4.69, 9.17) is 9.47 Å². The third-order valence-electron chi connectivity index (χ3n) is 3.11. The predicted octanol–water partition coefficient (Wildman–Crippen LogP) is 3.70. The molecule has 1 amide bonds. The number of alkyl carbamates (subject to hydrolysis) is 1. The number of hydrogen-bond donors (Lipinski definition) is 1. The highest BCUT2D eigenvalue weighted by atomic mass is 79.9. The summed E-state index contributed by atoms with van der Waals surface area (Å²) in [5.74, 6) is -1.14. The molecule has 1 rings (SSSR count). The number of halogens is 2. The molecule has 1 aromatic carbocycles. The number of ether oxygens (including phenoxy) is 2. The van der Waals surface area contributed by atoms with Gasteiger partial charge in [-0.1, -0.05) is 15.9 Å². The van der Waals surface area contributed by atoms with E-state index in [2.05, 4.69) is 31.5 Å². The lowest BCUT2D eigenvalue weighted by molar-refractivity contribution is -0.144. The third kappa shape index (κ3) is 6.43. The smallest absolute Gasteiger partial charge is 0.408 e. The normalized spacial score (nSPS) is 13.8. The van der Waals surface area contributed by atoms with Crippen LogP contribution in [0.2, 0.25) is 0 Å². The Hall–Kier alpha value is -1.41. The number of esters is 1. The van der Waals surface area contributed by atoms with Crippen molar-refractivity contribution in [1.82, 2.24) is 5.32 Å². The van der Waals surface area contributed by atoms with Gasteiger partial charge in [-0.25, -0.2) is 9.18 Å². The van der Waals surface area contributed by atoms with Crippen molar-refractivity contribution < 1.29 is 23.5 Å². The minimum Gasteiger partial charge on any atom is -0.466 e. The highest BCUT2D eigenvalue weighted by Gasteiger charge is 2.36. The fourth-order valence-electron chi connectivity index (χ4n) is 2.15. The Kier molecular flexibility index (Phi) is 7.19. The lowest BCUT2D eigenvalue weighted by Gasteiger charge is -2.32. The summed E-state index contributed by atoms with van der Waals surface area (Å²) in [5, 5.41) is 1.02. The van der Waals surface area contributed by atoms with Crippen LogP contribution in [0.3, 0.4) is 0 Å². The maximum Gasteiger partial charge on any atom is 0.408 e. The molecule has 0 saturated heterocycles. The minimum absolute atomic E-state index is 0.0925. The molecule has 0 bridgehead atoms. The molecule has 0 aromatic heterocycles. The first-order chi connectivity index (χ1) is 11.4. The van der Waals surface area contributed by atoms with E-state index >= 15 is 0 Å². The maximum absolute atomic E-state index is 14.7. The van der Waals surface area contributed by atoms with E-state index in [-0.39, 0.29) is 18.6 Å². The number of carbonyl (C=O) groups excluding carboxylic acids is 2. The first kappa shape index (κ1) is 21.6. The van der Waals surface area contributed by atoms with Crippen molar-refractivity contribution in [3.05, 3.63) is 33.5 Å². The van der Waals surface area contributed by atoms with Crippen molar-refractivity contribution in [1.29, 1.82) is 0 Å². The zero-order chi connectivity index (χ0) is 19.4. The molecule has 0 heterocycles. The molecule has 8 heteroatoms. The van der Waals surface area contributed by atoms with E-state index in [0.29, 0.717) is 10.0 Å². The van der Waals surface area contributed by atoms with Crippen molar-refractivity contribution in [2.24, 2.45) is 0 Å². The van der Waals surface area contributed by atoms with E-state index in [0.717, 1.165) is 0 Å². The Morgan fingerprint density at radius 3 is 2.44 bits per heavy atom. The summed E-state index contributed by atoms with van der Waals surface area (Å²) in [6, 6.07) is 3.09. The van der Waals surface area contributed by atoms with Crippen molar-refractivity contribution >= 4 is 38.2 Å². The molecule has 3 radical (unpaired) electrons. The van der Waals surface area contributed by atoms with Crippen molar-refractivity contribution in [3.8, 4) is 0 Å². The molecule has 137 valence electrons. The van der Waals surface area contributed by atoms with E-state index in [1.165, 1.54) is 6.07 Å². The predicted molar refractivity (Wildman–Crippen MR) is 96.9 cm³/mol. The number of rotatable bonds is 5. The molecule has 1 N–H and O–H groups in total. The van der Waals surface area contributed by atoms with E-state index in [1.54, 1.807) is 40.7 Å². The molecule has 0 saturated carbocycles. The number of benzene rings is 1. The van der Waals surface area contributed by atoms with Crippen LogP contribution < -0.4 is 5.32 Å². The molecular weight excluding hydrogens is 409 g/mol. The summed E-state index contributed by atoms with van der Waals surface area (Å²) in [5.41, 5.74) is -0.288. The third-order valence-corrected chi connectivity index (χ3v) is 4.14. The molecule has 5 nitrogen and oxygen atoms in total. The summed E-state index contributed by atoms with van der Waals surface area (Å²) >= 11 is 3.30. The van der Waals surface area contributed by atoms with Crippen LogP contribution in [0.25, 0.3) is 0 Å². The summed E-state index contributed by atoms with van der Waals surface area (Å²) in [6.07, 6.45) is -1.10. The SMILES string of the molecule is CCOC(=O)C[C@@]([Si])(NC(=O)OC(C)(C)C)c1cc(Br)cc(C)c1F. The number of amides is 1. The summed E-state index contributed by atoms with van der Waals surface area (Å²) in [7, 11) is 3.38. The minimum atomic E-state index is -1.52. The van der Waals surface area contributed by atoms with Gasteiger partial charge in [0, 0.05) is 10.0 Å². The van der Waals surface area contributed by atoms with Gasteiger partial charge in [-0.2, -0.15) is 0 Å². The van der Waals surface area contributed by atoms with Gasteiger partial charge in [-0.3, -0.25) is 4.79 Å². The average Bonchev–Trinajstić information content (AvgIpc) is 2.40. The topological polar surface area (TPSA) is 64.6 Å². The Bertz CT molecular complexity index is 663. The molecule has 0 spiro atoms. The molecule has 0 aliphatic heterocycles. The van der Waals surface area contributed by atoms with Gasteiger partial charge in [0.2, 0.25) is 0 Å². The Labute approximate surface area is 159 Å². The number of hydrogen-bond acceptors (Lipinski definition) is 4. The molecule has 1 aromatic rings. The Morgan fingerprint density at radius 1 is 1.32 bits per heavy atom. The quantitative estimate of drug-likeness (QED) is 0.571. The molecular formula is C17H22BrFNO4Si. The first-order valence-electron chi connectivity index (χ1n) is 7.76. The van der Waals surface area contributed by atoms with E-state index in [9.17, 15) is 14.0 Å². The number of nitrogens with one attached hydrogen (secondary N) is 1. The number of aryl methyl sites for hydroxylation is 1. The largest absolute Gasteiger partial charge is 0.466 e. The molecule has 0 aliphatic carbocycles. The van der Waals surface area contributed by atoms with Gasteiger partial charge in [0.15, 0.2) is 0 Å². The molecule has 0 fully saturated rings. The van der Waals surface area contributed by atoms with Crippen molar-refractivity contribution in [3.63, 3.8) is 0 Å². The van der Waals surface area contributed by atoms with Crippen LogP contribution >= 0.6 is 15.9 Å². The fourth-order valence-corrected chi connectivity index (χ4v) is 3.15. The summed E-state index contributed by atoms with van der Waals surface area (Å²) in [4.78, 5) is 24.2. The summed E-state index contributed by atoms with van der Waals surface area (Å²) < 4.78 is 25.5. The van der Waals surface area contributed by atoms with E-state index < -0.39 is 28.6 Å².